The highest BCUT2D eigenvalue weighted by Crippen LogP contribution is 2.16. The summed E-state index contributed by atoms with van der Waals surface area (Å²) in [7, 11) is 0. The predicted molar refractivity (Wildman–Crippen MR) is 97.8 cm³/mol. The molecule has 1 aliphatic heterocycles. The highest BCUT2D eigenvalue weighted by Gasteiger charge is 2.16. The monoisotopic (exact) mass is 341 g/mol. The van der Waals surface area contributed by atoms with E-state index >= 15 is 0 Å². The first-order chi connectivity index (χ1) is 12.2. The third kappa shape index (κ3) is 5.51. The van der Waals surface area contributed by atoms with Gasteiger partial charge < -0.3 is 14.7 Å². The molecule has 1 atom stereocenters. The Balaban J connectivity index is 1.53. The number of benzene rings is 1. The number of ether oxygens (including phenoxy) is 1. The molecule has 2 heterocycles. The van der Waals surface area contributed by atoms with Crippen LogP contribution in [0.1, 0.15) is 36.8 Å². The molecule has 0 radical (unpaired) electrons. The van der Waals surface area contributed by atoms with Gasteiger partial charge in [-0.05, 0) is 56.1 Å². The molecule has 2 aromatic rings. The molecule has 0 aliphatic carbocycles. The maximum atomic E-state index is 10.1. The number of β-amino-alcohol motifs (C(OH)–C–C–N with tert-alkyl or cyclic N) is 1. The van der Waals surface area contributed by atoms with E-state index in [2.05, 4.69) is 27.9 Å². The summed E-state index contributed by atoms with van der Waals surface area (Å²) in [4.78, 5) is 11.2. The van der Waals surface area contributed by atoms with E-state index in [1.165, 1.54) is 12.8 Å². The van der Waals surface area contributed by atoms with E-state index < -0.39 is 6.10 Å². The van der Waals surface area contributed by atoms with Crippen molar-refractivity contribution < 1.29 is 9.84 Å². The number of aliphatic hydroxyl groups excluding tert-OH is 1. The van der Waals surface area contributed by atoms with Gasteiger partial charge in [-0.1, -0.05) is 19.1 Å². The molecule has 0 spiro atoms. The Labute approximate surface area is 149 Å². The van der Waals surface area contributed by atoms with Gasteiger partial charge in [0, 0.05) is 24.9 Å². The van der Waals surface area contributed by atoms with Crippen molar-refractivity contribution in [2.75, 3.05) is 26.2 Å². The maximum Gasteiger partial charge on any atom is 0.132 e. The van der Waals surface area contributed by atoms with Crippen LogP contribution in [0.2, 0.25) is 0 Å². The van der Waals surface area contributed by atoms with Gasteiger partial charge in [0.05, 0.1) is 0 Å². The van der Waals surface area contributed by atoms with Crippen LogP contribution in [-0.2, 0) is 12.8 Å². The number of aryl methyl sites for hydroxylation is 1. The second-order valence-corrected chi connectivity index (χ2v) is 6.61. The van der Waals surface area contributed by atoms with E-state index in [0.717, 1.165) is 42.3 Å². The third-order valence-electron chi connectivity index (χ3n) is 4.50. The number of aliphatic hydroxyl groups is 1. The molecule has 3 rings (SSSR count). The second kappa shape index (κ2) is 8.92. The van der Waals surface area contributed by atoms with Gasteiger partial charge in [0.2, 0.25) is 0 Å². The molecule has 5 nitrogen and oxygen atoms in total. The van der Waals surface area contributed by atoms with Gasteiger partial charge in [-0.15, -0.1) is 0 Å². The van der Waals surface area contributed by atoms with Gasteiger partial charge in [0.1, 0.15) is 24.3 Å². The molecule has 1 saturated heterocycles. The largest absolute Gasteiger partial charge is 0.491 e. The van der Waals surface area contributed by atoms with Crippen LogP contribution in [0.4, 0.5) is 0 Å². The maximum absolute atomic E-state index is 10.1. The minimum Gasteiger partial charge on any atom is -0.491 e. The summed E-state index contributed by atoms with van der Waals surface area (Å²) in [6.07, 6.45) is 5.42. The molecule has 0 unspecified atom stereocenters. The van der Waals surface area contributed by atoms with Gasteiger partial charge in [0.15, 0.2) is 0 Å². The molecule has 25 heavy (non-hydrogen) atoms. The fourth-order valence-electron chi connectivity index (χ4n) is 3.16. The van der Waals surface area contributed by atoms with Gasteiger partial charge >= 0.3 is 0 Å². The van der Waals surface area contributed by atoms with E-state index in [9.17, 15) is 5.11 Å². The van der Waals surface area contributed by atoms with Crippen molar-refractivity contribution in [2.24, 2.45) is 0 Å². The van der Waals surface area contributed by atoms with Crippen LogP contribution in [0.3, 0.4) is 0 Å². The normalized spacial score (nSPS) is 16.1. The number of aromatic nitrogens is 2. The van der Waals surface area contributed by atoms with Crippen LogP contribution >= 0.6 is 0 Å². The molecule has 1 aliphatic rings. The first-order valence-electron chi connectivity index (χ1n) is 9.16. The smallest absolute Gasteiger partial charge is 0.132 e. The first kappa shape index (κ1) is 17.8. The van der Waals surface area contributed by atoms with Crippen molar-refractivity contribution >= 4 is 0 Å². The summed E-state index contributed by atoms with van der Waals surface area (Å²) < 4.78 is 5.78. The summed E-state index contributed by atoms with van der Waals surface area (Å²) in [5, 5.41) is 10.1. The average Bonchev–Trinajstić information content (AvgIpc) is 3.13. The average molecular weight is 341 g/mol. The molecule has 5 heteroatoms. The summed E-state index contributed by atoms with van der Waals surface area (Å²) in [5.41, 5.74) is 2.17. The molecule has 1 aromatic heterocycles. The van der Waals surface area contributed by atoms with Crippen LogP contribution in [-0.4, -0.2) is 52.3 Å². The molecule has 1 fully saturated rings. The third-order valence-corrected chi connectivity index (χ3v) is 4.50. The number of hydrogen-bond acceptors (Lipinski definition) is 5. The zero-order chi connectivity index (χ0) is 17.5. The van der Waals surface area contributed by atoms with Crippen molar-refractivity contribution in [3.8, 4) is 5.75 Å². The number of likely N-dealkylation sites (tertiary alicyclic amines) is 1. The van der Waals surface area contributed by atoms with Gasteiger partial charge in [-0.2, -0.15) is 0 Å². The Hall–Kier alpha value is -1.98. The molecular weight excluding hydrogens is 314 g/mol. The highest BCUT2D eigenvalue weighted by atomic mass is 16.5. The lowest BCUT2D eigenvalue weighted by molar-refractivity contribution is 0.0758. The summed E-state index contributed by atoms with van der Waals surface area (Å²) in [5.74, 6) is 1.61. The van der Waals surface area contributed by atoms with Crippen LogP contribution in [0, 0.1) is 0 Å². The van der Waals surface area contributed by atoms with Crippen LogP contribution < -0.4 is 4.74 Å². The Morgan fingerprint density at radius 2 is 2.08 bits per heavy atom. The van der Waals surface area contributed by atoms with Crippen molar-refractivity contribution in [2.45, 2.75) is 38.7 Å². The summed E-state index contributed by atoms with van der Waals surface area (Å²) >= 11 is 0. The number of nitrogens with zero attached hydrogens (tertiary/aromatic N) is 3. The second-order valence-electron chi connectivity index (χ2n) is 6.61. The summed E-state index contributed by atoms with van der Waals surface area (Å²) in [6.45, 7) is 5.28. The SMILES string of the molecule is CCc1ccnc(Cc2cccc(OC[C@@H](O)CN3CCCC3)c2)n1. The minimum atomic E-state index is -0.452. The van der Waals surface area contributed by atoms with Crippen LogP contribution in [0.25, 0.3) is 0 Å². The van der Waals surface area contributed by atoms with Gasteiger partial charge in [0.25, 0.3) is 0 Å². The predicted octanol–water partition coefficient (Wildman–Crippen LogP) is 2.47. The van der Waals surface area contributed by atoms with E-state index in [4.69, 9.17) is 4.74 Å². The molecule has 0 amide bonds. The topological polar surface area (TPSA) is 58.5 Å². The quantitative estimate of drug-likeness (QED) is 0.799. The van der Waals surface area contributed by atoms with Crippen molar-refractivity contribution in [1.29, 1.82) is 0 Å². The Morgan fingerprint density at radius 3 is 2.88 bits per heavy atom. The zero-order valence-corrected chi connectivity index (χ0v) is 14.9. The van der Waals surface area contributed by atoms with Crippen molar-refractivity contribution in [3.05, 3.63) is 53.6 Å². The number of hydrogen-bond donors (Lipinski definition) is 1. The van der Waals surface area contributed by atoms with E-state index in [-0.39, 0.29) is 0 Å². The van der Waals surface area contributed by atoms with E-state index in [1.54, 1.807) is 0 Å². The minimum absolute atomic E-state index is 0.321. The lowest BCUT2D eigenvalue weighted by Gasteiger charge is -2.19. The zero-order valence-electron chi connectivity index (χ0n) is 14.9. The molecule has 1 aromatic carbocycles. The van der Waals surface area contributed by atoms with Crippen molar-refractivity contribution in [1.82, 2.24) is 14.9 Å². The standard InChI is InChI=1S/C20H27N3O2/c1-2-17-8-9-21-20(22-17)13-16-6-5-7-19(12-16)25-15-18(24)14-23-10-3-4-11-23/h5-9,12,18,24H,2-4,10-11,13-15H2,1H3/t18-/m0/s1. The fourth-order valence-corrected chi connectivity index (χ4v) is 3.16. The lowest BCUT2D eigenvalue weighted by Crippen LogP contribution is -2.33. The molecule has 0 bridgehead atoms. The molecule has 134 valence electrons. The molecule has 0 saturated carbocycles. The first-order valence-corrected chi connectivity index (χ1v) is 9.16. The van der Waals surface area contributed by atoms with Gasteiger partial charge in [-0.25, -0.2) is 9.97 Å². The van der Waals surface area contributed by atoms with Crippen LogP contribution in [0.15, 0.2) is 36.5 Å². The van der Waals surface area contributed by atoms with Gasteiger partial charge in [-0.3, -0.25) is 0 Å². The Kier molecular flexibility index (Phi) is 6.36. The molecule has 1 N–H and O–H groups in total. The fraction of sp³-hybridized carbons (Fsp3) is 0.500. The van der Waals surface area contributed by atoms with E-state index in [1.807, 2.05) is 30.5 Å². The highest BCUT2D eigenvalue weighted by molar-refractivity contribution is 5.30. The van der Waals surface area contributed by atoms with E-state index in [0.29, 0.717) is 19.6 Å². The molecular formula is C20H27N3O2. The van der Waals surface area contributed by atoms with Crippen molar-refractivity contribution in [3.63, 3.8) is 0 Å². The summed E-state index contributed by atoms with van der Waals surface area (Å²) in [6, 6.07) is 9.90. The Morgan fingerprint density at radius 1 is 1.24 bits per heavy atom. The Bertz CT molecular complexity index is 671. The lowest BCUT2D eigenvalue weighted by atomic mass is 10.1. The number of rotatable bonds is 8. The van der Waals surface area contributed by atoms with Crippen LogP contribution in [0.5, 0.6) is 5.75 Å².